The number of rotatable bonds is 8. The van der Waals surface area contributed by atoms with Crippen LogP contribution in [0.4, 0.5) is 5.69 Å². The van der Waals surface area contributed by atoms with E-state index in [1.807, 2.05) is 30.3 Å². The van der Waals surface area contributed by atoms with Crippen molar-refractivity contribution in [1.29, 1.82) is 0 Å². The van der Waals surface area contributed by atoms with E-state index in [1.165, 1.54) is 12.5 Å². The van der Waals surface area contributed by atoms with Crippen LogP contribution in [0.25, 0.3) is 0 Å². The van der Waals surface area contributed by atoms with Crippen LogP contribution < -0.4 is 5.32 Å². The van der Waals surface area contributed by atoms with Crippen molar-refractivity contribution in [3.05, 3.63) is 65.7 Å². The second-order valence-electron chi connectivity index (χ2n) is 6.69. The molecule has 0 aliphatic rings. The van der Waals surface area contributed by atoms with E-state index >= 15 is 0 Å². The van der Waals surface area contributed by atoms with Crippen molar-refractivity contribution in [3.63, 3.8) is 0 Å². The summed E-state index contributed by atoms with van der Waals surface area (Å²) in [4.78, 5) is 36.1. The van der Waals surface area contributed by atoms with Gasteiger partial charge in [-0.25, -0.2) is 0 Å². The Morgan fingerprint density at radius 1 is 0.889 bits per heavy atom. The quantitative estimate of drug-likeness (QED) is 0.556. The Hall–Kier alpha value is -2.95. The molecule has 0 aliphatic carbocycles. The van der Waals surface area contributed by atoms with Crippen LogP contribution in [-0.2, 0) is 14.3 Å². The molecule has 0 aromatic heterocycles. The van der Waals surface area contributed by atoms with Crippen molar-refractivity contribution < 1.29 is 19.1 Å². The fraction of sp³-hybridized carbons (Fsp3) is 0.318. The first kappa shape index (κ1) is 20.4. The number of ether oxygens (including phenoxy) is 1. The minimum absolute atomic E-state index is 0.0495. The number of carbonyl (C=O) groups is 3. The van der Waals surface area contributed by atoms with Crippen LogP contribution >= 0.6 is 0 Å². The molecule has 5 heteroatoms. The Bertz CT molecular complexity index is 782. The molecule has 0 fully saturated rings. The fourth-order valence-corrected chi connectivity index (χ4v) is 2.49. The molecule has 1 amide bonds. The van der Waals surface area contributed by atoms with Crippen LogP contribution in [0.15, 0.2) is 54.6 Å². The third-order valence-corrected chi connectivity index (χ3v) is 4.17. The Kier molecular flexibility index (Phi) is 7.29. The van der Waals surface area contributed by atoms with E-state index in [0.29, 0.717) is 17.2 Å². The number of hydrogen-bond acceptors (Lipinski definition) is 4. The predicted octanol–water partition coefficient (Wildman–Crippen LogP) is 4.34. The third-order valence-electron chi connectivity index (χ3n) is 4.17. The Morgan fingerprint density at radius 2 is 1.52 bits per heavy atom. The van der Waals surface area contributed by atoms with Gasteiger partial charge in [-0.05, 0) is 30.5 Å². The summed E-state index contributed by atoms with van der Waals surface area (Å²) < 4.78 is 5.13. The molecule has 1 N–H and O–H groups in total. The van der Waals surface area contributed by atoms with Gasteiger partial charge >= 0.3 is 5.97 Å². The third kappa shape index (κ3) is 6.37. The molecule has 0 bridgehead atoms. The summed E-state index contributed by atoms with van der Waals surface area (Å²) in [5.41, 5.74) is 2.38. The monoisotopic (exact) mass is 367 g/mol. The second kappa shape index (κ2) is 9.67. The van der Waals surface area contributed by atoms with E-state index < -0.39 is 18.0 Å². The van der Waals surface area contributed by atoms with Crippen molar-refractivity contribution in [2.24, 2.45) is 0 Å². The highest BCUT2D eigenvalue weighted by molar-refractivity contribution is 5.98. The first-order chi connectivity index (χ1) is 12.9. The van der Waals surface area contributed by atoms with Crippen molar-refractivity contribution in [3.8, 4) is 0 Å². The molecule has 0 aliphatic heterocycles. The molecule has 1 atom stereocenters. The molecule has 0 saturated heterocycles. The highest BCUT2D eigenvalue weighted by Crippen LogP contribution is 2.17. The molecule has 142 valence electrons. The first-order valence-corrected chi connectivity index (χ1v) is 9.05. The van der Waals surface area contributed by atoms with Crippen LogP contribution in [0.3, 0.4) is 0 Å². The summed E-state index contributed by atoms with van der Waals surface area (Å²) in [5.74, 6) is -0.699. The Balaban J connectivity index is 1.79. The van der Waals surface area contributed by atoms with E-state index in [1.54, 1.807) is 24.3 Å². The van der Waals surface area contributed by atoms with E-state index in [0.717, 1.165) is 0 Å². The van der Waals surface area contributed by atoms with E-state index in [4.69, 9.17) is 4.74 Å². The molecule has 2 aromatic rings. The summed E-state index contributed by atoms with van der Waals surface area (Å²) in [6.45, 7) is 5.70. The van der Waals surface area contributed by atoms with Gasteiger partial charge in [-0.15, -0.1) is 0 Å². The Morgan fingerprint density at radius 3 is 2.11 bits per heavy atom. The summed E-state index contributed by atoms with van der Waals surface area (Å²) >= 11 is 0. The molecule has 2 rings (SSSR count). The minimum atomic E-state index is -0.936. The lowest BCUT2D eigenvalue weighted by Gasteiger charge is -2.14. The summed E-state index contributed by atoms with van der Waals surface area (Å²) in [6.07, 6.45) is -0.948. The van der Waals surface area contributed by atoms with Gasteiger partial charge in [-0.2, -0.15) is 0 Å². The van der Waals surface area contributed by atoms with Gasteiger partial charge in [0.05, 0.1) is 6.42 Å². The number of nitrogens with one attached hydrogen (secondary N) is 1. The number of amides is 1. The SMILES string of the molecule is CC(C)c1ccc(NC(=O)[C@H](C)OC(=O)CCC(=O)c2ccccc2)cc1. The predicted molar refractivity (Wildman–Crippen MR) is 105 cm³/mol. The zero-order valence-corrected chi connectivity index (χ0v) is 15.9. The topological polar surface area (TPSA) is 72.5 Å². The fourth-order valence-electron chi connectivity index (χ4n) is 2.49. The molecule has 2 aromatic carbocycles. The normalized spacial score (nSPS) is 11.7. The Labute approximate surface area is 159 Å². The van der Waals surface area contributed by atoms with Gasteiger partial charge in [0, 0.05) is 17.7 Å². The van der Waals surface area contributed by atoms with Crippen molar-refractivity contribution in [2.45, 2.75) is 45.6 Å². The average molecular weight is 367 g/mol. The highest BCUT2D eigenvalue weighted by Gasteiger charge is 2.19. The minimum Gasteiger partial charge on any atom is -0.453 e. The largest absolute Gasteiger partial charge is 0.453 e. The van der Waals surface area contributed by atoms with Gasteiger partial charge in [0.25, 0.3) is 5.91 Å². The highest BCUT2D eigenvalue weighted by atomic mass is 16.5. The number of esters is 1. The number of Topliss-reactive ketones (excluding diaryl/α,β-unsaturated/α-hetero) is 1. The molecule has 0 unspecified atom stereocenters. The number of anilines is 1. The van der Waals surface area contributed by atoms with Gasteiger partial charge in [-0.3, -0.25) is 14.4 Å². The molecule has 27 heavy (non-hydrogen) atoms. The molecular weight excluding hydrogens is 342 g/mol. The van der Waals surface area contributed by atoms with E-state index in [9.17, 15) is 14.4 Å². The van der Waals surface area contributed by atoms with Crippen LogP contribution in [0, 0.1) is 0 Å². The van der Waals surface area contributed by atoms with Crippen LogP contribution in [-0.4, -0.2) is 23.8 Å². The maximum absolute atomic E-state index is 12.2. The van der Waals surface area contributed by atoms with Crippen molar-refractivity contribution >= 4 is 23.3 Å². The van der Waals surface area contributed by atoms with Gasteiger partial charge in [0.1, 0.15) is 0 Å². The molecule has 0 heterocycles. The number of ketones is 1. The van der Waals surface area contributed by atoms with Crippen molar-refractivity contribution in [2.75, 3.05) is 5.32 Å². The van der Waals surface area contributed by atoms with Gasteiger partial charge < -0.3 is 10.1 Å². The average Bonchev–Trinajstić information content (AvgIpc) is 2.67. The van der Waals surface area contributed by atoms with Crippen molar-refractivity contribution in [1.82, 2.24) is 0 Å². The van der Waals surface area contributed by atoms with Gasteiger partial charge in [0.15, 0.2) is 11.9 Å². The standard InChI is InChI=1S/C22H25NO4/c1-15(2)17-9-11-19(12-10-17)23-22(26)16(3)27-21(25)14-13-20(24)18-7-5-4-6-8-18/h4-12,15-16H,13-14H2,1-3H3,(H,23,26)/t16-/m0/s1. The summed E-state index contributed by atoms with van der Waals surface area (Å²) in [6, 6.07) is 16.3. The zero-order chi connectivity index (χ0) is 19.8. The van der Waals surface area contributed by atoms with Gasteiger partial charge in [-0.1, -0.05) is 56.3 Å². The molecule has 0 saturated carbocycles. The number of hydrogen-bond donors (Lipinski definition) is 1. The summed E-state index contributed by atoms with van der Waals surface area (Å²) in [5, 5.41) is 2.72. The van der Waals surface area contributed by atoms with Crippen LogP contribution in [0.2, 0.25) is 0 Å². The maximum atomic E-state index is 12.2. The lowest BCUT2D eigenvalue weighted by atomic mass is 10.0. The number of carbonyl (C=O) groups excluding carboxylic acids is 3. The zero-order valence-electron chi connectivity index (χ0n) is 15.9. The lowest BCUT2D eigenvalue weighted by molar-refractivity contribution is -0.153. The second-order valence-corrected chi connectivity index (χ2v) is 6.69. The van der Waals surface area contributed by atoms with Crippen LogP contribution in [0.5, 0.6) is 0 Å². The van der Waals surface area contributed by atoms with Crippen LogP contribution in [0.1, 0.15) is 55.5 Å². The lowest BCUT2D eigenvalue weighted by Crippen LogP contribution is -2.30. The first-order valence-electron chi connectivity index (χ1n) is 9.05. The smallest absolute Gasteiger partial charge is 0.307 e. The molecule has 0 spiro atoms. The number of benzene rings is 2. The molecular formula is C22H25NO4. The molecule has 5 nitrogen and oxygen atoms in total. The van der Waals surface area contributed by atoms with E-state index in [2.05, 4.69) is 19.2 Å². The summed E-state index contributed by atoms with van der Waals surface area (Å²) in [7, 11) is 0. The van der Waals surface area contributed by atoms with Gasteiger partial charge in [0.2, 0.25) is 0 Å². The molecule has 0 radical (unpaired) electrons. The van der Waals surface area contributed by atoms with E-state index in [-0.39, 0.29) is 18.6 Å². The maximum Gasteiger partial charge on any atom is 0.307 e.